The van der Waals surface area contributed by atoms with Crippen LogP contribution in [0.25, 0.3) is 5.82 Å². The Morgan fingerprint density at radius 1 is 1.20 bits per heavy atom. The predicted octanol–water partition coefficient (Wildman–Crippen LogP) is -0.139. The summed E-state index contributed by atoms with van der Waals surface area (Å²) in [6.45, 7) is 3.03. The Labute approximate surface area is 201 Å². The Balaban J connectivity index is 1.28. The van der Waals surface area contributed by atoms with Crippen LogP contribution in [0.3, 0.4) is 0 Å². The number of carbonyl (C=O) groups excluding carboxylic acids is 1. The van der Waals surface area contributed by atoms with Crippen molar-refractivity contribution in [3.05, 3.63) is 47.7 Å². The van der Waals surface area contributed by atoms with Crippen LogP contribution in [0.5, 0.6) is 0 Å². The van der Waals surface area contributed by atoms with Gasteiger partial charge in [-0.2, -0.15) is 14.8 Å². The first-order valence-electron chi connectivity index (χ1n) is 11.1. The van der Waals surface area contributed by atoms with Gasteiger partial charge in [0.05, 0.1) is 12.2 Å². The number of anilines is 1. The van der Waals surface area contributed by atoms with Gasteiger partial charge in [-0.3, -0.25) is 4.98 Å². The minimum absolute atomic E-state index is 0.0526. The maximum absolute atomic E-state index is 14.5. The molecular weight excluding hydrogens is 454 g/mol. The van der Waals surface area contributed by atoms with E-state index in [0.717, 1.165) is 11.8 Å². The predicted molar refractivity (Wildman–Crippen MR) is 124 cm³/mol. The number of hydrogen-bond acceptors (Lipinski definition) is 9. The molecule has 0 aliphatic carbocycles. The molecule has 3 aromatic heterocycles. The van der Waals surface area contributed by atoms with Crippen molar-refractivity contribution in [3.63, 3.8) is 0 Å². The van der Waals surface area contributed by atoms with Crippen molar-refractivity contribution in [2.24, 2.45) is 5.10 Å². The van der Waals surface area contributed by atoms with Crippen molar-refractivity contribution in [2.75, 3.05) is 31.1 Å². The van der Waals surface area contributed by atoms with E-state index in [-0.39, 0.29) is 30.3 Å². The number of aliphatic hydroxyl groups is 1. The van der Waals surface area contributed by atoms with Crippen molar-refractivity contribution in [1.82, 2.24) is 39.6 Å². The second kappa shape index (κ2) is 9.37. The third-order valence-corrected chi connectivity index (χ3v) is 5.89. The van der Waals surface area contributed by atoms with Gasteiger partial charge in [0.25, 0.3) is 0 Å². The summed E-state index contributed by atoms with van der Waals surface area (Å²) in [5, 5.41) is 19.1. The van der Waals surface area contributed by atoms with Gasteiger partial charge in [-0.25, -0.2) is 24.2 Å². The molecule has 14 heteroatoms. The minimum Gasteiger partial charge on any atom is -0.388 e. The fraction of sp³-hybridized carbons (Fsp3) is 0.381. The molecule has 2 radical (unpaired) electrons. The third-order valence-electron chi connectivity index (χ3n) is 5.89. The van der Waals surface area contributed by atoms with Gasteiger partial charge >= 0.3 is 6.03 Å². The van der Waals surface area contributed by atoms with Crippen LogP contribution in [0.15, 0.2) is 29.8 Å². The van der Waals surface area contributed by atoms with Crippen LogP contribution >= 0.6 is 0 Å². The number of aryl methyl sites for hydroxylation is 1. The van der Waals surface area contributed by atoms with Gasteiger partial charge in [0.1, 0.15) is 20.3 Å². The highest BCUT2D eigenvalue weighted by molar-refractivity contribution is 6.32. The highest BCUT2D eigenvalue weighted by Crippen LogP contribution is 2.28. The summed E-state index contributed by atoms with van der Waals surface area (Å²) in [5.41, 5.74) is 1.36. The fourth-order valence-corrected chi connectivity index (χ4v) is 4.14. The van der Waals surface area contributed by atoms with Crippen LogP contribution in [0.4, 0.5) is 15.1 Å². The van der Waals surface area contributed by atoms with Crippen LogP contribution < -0.4 is 10.4 Å². The topological polar surface area (TPSA) is 129 Å². The van der Waals surface area contributed by atoms with E-state index in [1.165, 1.54) is 9.69 Å². The van der Waals surface area contributed by atoms with Crippen LogP contribution in [0.1, 0.15) is 29.7 Å². The maximum Gasteiger partial charge on any atom is 0.341 e. The number of hydrogen-bond donors (Lipinski definition) is 1. The zero-order valence-electron chi connectivity index (χ0n) is 19.0. The molecule has 0 saturated carbocycles. The molecule has 1 unspecified atom stereocenters. The van der Waals surface area contributed by atoms with E-state index in [1.807, 2.05) is 4.90 Å². The number of urea groups is 1. The molecule has 1 atom stereocenters. The number of amides is 2. The summed E-state index contributed by atoms with van der Waals surface area (Å²) in [6.07, 6.45) is 6.63. The lowest BCUT2D eigenvalue weighted by molar-refractivity contribution is 0.139. The van der Waals surface area contributed by atoms with Gasteiger partial charge in [0.15, 0.2) is 17.5 Å². The fourth-order valence-electron chi connectivity index (χ4n) is 4.14. The molecule has 1 saturated heterocycles. The minimum atomic E-state index is -0.658. The van der Waals surface area contributed by atoms with E-state index in [1.54, 1.807) is 36.5 Å². The number of piperazine rings is 1. The quantitative estimate of drug-likeness (QED) is 0.516. The summed E-state index contributed by atoms with van der Waals surface area (Å²) in [7, 11) is 5.86. The Hall–Kier alpha value is -3.94. The summed E-state index contributed by atoms with van der Waals surface area (Å²) < 4.78 is 15.7. The van der Waals surface area contributed by atoms with Crippen LogP contribution in [-0.4, -0.2) is 91.0 Å². The number of pyridine rings is 1. The van der Waals surface area contributed by atoms with Crippen LogP contribution in [0, 0.1) is 12.7 Å². The largest absolute Gasteiger partial charge is 0.388 e. The summed E-state index contributed by atoms with van der Waals surface area (Å²) in [4.78, 5) is 33.5. The Morgan fingerprint density at radius 2 is 2.00 bits per heavy atom. The molecule has 0 spiro atoms. The van der Waals surface area contributed by atoms with Crippen molar-refractivity contribution >= 4 is 31.5 Å². The standard InChI is InChI=1S/C21H22BFN10O2/c1-13-27-18(12-34)29-32(13)19-16(23)11-25-20(28-19)30-4-6-31(7-5-30)21(35)33-17(2-3-26-33)14-8-15(22)10-24-9-14/h3,8-11,17,34H,2,4-7,12H2,1H3. The van der Waals surface area contributed by atoms with Crippen LogP contribution in [0.2, 0.25) is 0 Å². The maximum atomic E-state index is 14.5. The van der Waals surface area contributed by atoms with Gasteiger partial charge in [-0.15, -0.1) is 5.10 Å². The first-order valence-corrected chi connectivity index (χ1v) is 11.1. The van der Waals surface area contributed by atoms with E-state index in [2.05, 4.69) is 30.1 Å². The molecule has 1 N–H and O–H groups in total. The molecule has 2 amide bonds. The summed E-state index contributed by atoms with van der Waals surface area (Å²) in [6, 6.07) is 1.34. The average molecular weight is 476 g/mol. The molecule has 1 fully saturated rings. The molecule has 5 heterocycles. The molecule has 3 aromatic rings. The molecular formula is C21H22BFN10O2. The molecule has 2 aliphatic heterocycles. The van der Waals surface area contributed by atoms with Crippen molar-refractivity contribution in [2.45, 2.75) is 26.0 Å². The lowest BCUT2D eigenvalue weighted by Gasteiger charge is -2.37. The number of aliphatic hydroxyl groups excluding tert-OH is 1. The number of carbonyl (C=O) groups is 1. The van der Waals surface area contributed by atoms with Crippen molar-refractivity contribution in [1.29, 1.82) is 0 Å². The van der Waals surface area contributed by atoms with E-state index < -0.39 is 5.82 Å². The molecule has 5 rings (SSSR count). The normalized spacial score (nSPS) is 17.9. The van der Waals surface area contributed by atoms with Crippen LogP contribution in [-0.2, 0) is 6.61 Å². The number of rotatable bonds is 4. The number of hydrazone groups is 1. The van der Waals surface area contributed by atoms with E-state index in [9.17, 15) is 14.3 Å². The van der Waals surface area contributed by atoms with Gasteiger partial charge in [-0.05, 0) is 12.5 Å². The molecule has 0 bridgehead atoms. The Bertz CT molecular complexity index is 1280. The highest BCUT2D eigenvalue weighted by atomic mass is 19.1. The summed E-state index contributed by atoms with van der Waals surface area (Å²) in [5.74, 6) is 0.171. The molecule has 178 valence electrons. The third kappa shape index (κ3) is 4.44. The monoisotopic (exact) mass is 476 g/mol. The molecule has 2 aliphatic rings. The van der Waals surface area contributed by atoms with E-state index in [4.69, 9.17) is 7.85 Å². The Kier molecular flexibility index (Phi) is 6.11. The van der Waals surface area contributed by atoms with Gasteiger partial charge in [-0.1, -0.05) is 11.5 Å². The van der Waals surface area contributed by atoms with E-state index >= 15 is 0 Å². The first-order chi connectivity index (χ1) is 16.9. The first kappa shape index (κ1) is 22.8. The molecule has 12 nitrogen and oxygen atoms in total. The van der Waals surface area contributed by atoms with Gasteiger partial charge in [0, 0.05) is 51.2 Å². The SMILES string of the molecule is [B]c1cncc(C2CC=NN2C(=O)N2CCN(c3ncc(F)c(-n4nc(CO)nc4C)n3)CC2)c1. The molecule has 35 heavy (non-hydrogen) atoms. The zero-order valence-corrected chi connectivity index (χ0v) is 19.0. The number of halogens is 1. The zero-order chi connectivity index (χ0) is 24.5. The molecule has 0 aromatic carbocycles. The lowest BCUT2D eigenvalue weighted by Crippen LogP contribution is -2.52. The number of nitrogens with zero attached hydrogens (tertiary/aromatic N) is 10. The van der Waals surface area contributed by atoms with Crippen molar-refractivity contribution in [3.8, 4) is 5.82 Å². The highest BCUT2D eigenvalue weighted by Gasteiger charge is 2.33. The van der Waals surface area contributed by atoms with Crippen molar-refractivity contribution < 1.29 is 14.3 Å². The second-order valence-corrected chi connectivity index (χ2v) is 8.19. The summed E-state index contributed by atoms with van der Waals surface area (Å²) >= 11 is 0. The second-order valence-electron chi connectivity index (χ2n) is 8.19. The van der Waals surface area contributed by atoms with Gasteiger partial charge < -0.3 is 14.9 Å². The number of aromatic nitrogens is 6. The van der Waals surface area contributed by atoms with Gasteiger partial charge in [0.2, 0.25) is 5.95 Å². The Morgan fingerprint density at radius 3 is 2.71 bits per heavy atom. The average Bonchev–Trinajstić information content (AvgIpc) is 3.51. The van der Waals surface area contributed by atoms with E-state index in [0.29, 0.717) is 49.8 Å². The smallest absolute Gasteiger partial charge is 0.341 e. The lowest BCUT2D eigenvalue weighted by atomic mass is 9.94.